The predicted molar refractivity (Wildman–Crippen MR) is 129 cm³/mol. The molecule has 0 saturated carbocycles. The van der Waals surface area contributed by atoms with Crippen molar-refractivity contribution in [3.8, 4) is 11.1 Å². The van der Waals surface area contributed by atoms with Crippen LogP contribution in [-0.4, -0.2) is 47.7 Å². The Hall–Kier alpha value is -4.39. The molecular formula is C27H24N2O5. The monoisotopic (exact) mass is 456 g/mol. The second-order valence-corrected chi connectivity index (χ2v) is 7.86. The Morgan fingerprint density at radius 1 is 0.941 bits per heavy atom. The van der Waals surface area contributed by atoms with E-state index in [9.17, 15) is 14.4 Å². The Morgan fingerprint density at radius 3 is 2.15 bits per heavy atom. The van der Waals surface area contributed by atoms with Gasteiger partial charge in [-0.25, -0.2) is 4.79 Å². The number of hydrogen-bond acceptors (Lipinski definition) is 4. The van der Waals surface area contributed by atoms with Gasteiger partial charge in [0.15, 0.2) is 0 Å². The van der Waals surface area contributed by atoms with Gasteiger partial charge in [-0.2, -0.15) is 0 Å². The van der Waals surface area contributed by atoms with E-state index in [0.29, 0.717) is 0 Å². The highest BCUT2D eigenvalue weighted by molar-refractivity contribution is 6.03. The number of rotatable bonds is 8. The van der Waals surface area contributed by atoms with E-state index in [1.807, 2.05) is 36.4 Å². The molecule has 34 heavy (non-hydrogen) atoms. The summed E-state index contributed by atoms with van der Waals surface area (Å²) in [4.78, 5) is 37.9. The van der Waals surface area contributed by atoms with Crippen molar-refractivity contribution in [3.05, 3.63) is 102 Å². The fourth-order valence-corrected chi connectivity index (χ4v) is 4.23. The summed E-state index contributed by atoms with van der Waals surface area (Å²) in [5.41, 5.74) is 4.86. The molecule has 0 radical (unpaired) electrons. The molecule has 2 amide bonds. The van der Waals surface area contributed by atoms with Crippen molar-refractivity contribution in [2.45, 2.75) is 5.92 Å². The van der Waals surface area contributed by atoms with Crippen molar-refractivity contribution in [1.82, 2.24) is 4.90 Å². The first-order chi connectivity index (χ1) is 16.5. The van der Waals surface area contributed by atoms with Gasteiger partial charge in [0.25, 0.3) is 5.91 Å². The maximum Gasteiger partial charge on any atom is 0.411 e. The Bertz CT molecular complexity index is 1210. The molecule has 0 bridgehead atoms. The molecule has 172 valence electrons. The number of anilines is 1. The standard InChI is InChI=1S/C27H24N2O5/c1-2-15-29(16-25(30)31)26(32)22-13-7-8-14-24(22)28-27(33)34-17-23-20-11-5-3-9-18(20)19-10-4-6-12-21(19)23/h2-14,23H,1,15-17H2,(H,28,33)(H,30,31). The van der Waals surface area contributed by atoms with Gasteiger partial charge in [0.05, 0.1) is 11.3 Å². The molecule has 1 aliphatic carbocycles. The molecule has 0 heterocycles. The summed E-state index contributed by atoms with van der Waals surface area (Å²) < 4.78 is 5.57. The Morgan fingerprint density at radius 2 is 1.53 bits per heavy atom. The SMILES string of the molecule is C=CCN(CC(=O)O)C(=O)c1ccccc1NC(=O)OCC1c2ccccc2-c2ccccc21. The molecule has 7 heteroatoms. The number of carbonyl (C=O) groups excluding carboxylic acids is 2. The lowest BCUT2D eigenvalue weighted by Crippen LogP contribution is -2.36. The van der Waals surface area contributed by atoms with Gasteiger partial charge in [-0.15, -0.1) is 6.58 Å². The van der Waals surface area contributed by atoms with E-state index in [1.54, 1.807) is 18.2 Å². The average Bonchev–Trinajstić information content (AvgIpc) is 3.16. The molecule has 0 aromatic heterocycles. The second-order valence-electron chi connectivity index (χ2n) is 7.86. The van der Waals surface area contributed by atoms with Crippen LogP contribution in [0.25, 0.3) is 11.1 Å². The molecule has 0 aliphatic heterocycles. The Kier molecular flexibility index (Phi) is 6.73. The molecule has 0 saturated heterocycles. The molecular weight excluding hydrogens is 432 g/mol. The van der Waals surface area contributed by atoms with Gasteiger partial charge in [0, 0.05) is 12.5 Å². The second kappa shape index (κ2) is 10.0. The number of nitrogens with zero attached hydrogens (tertiary/aromatic N) is 1. The minimum absolute atomic E-state index is 0.0599. The smallest absolute Gasteiger partial charge is 0.411 e. The third kappa shape index (κ3) is 4.68. The number of carboxylic acids is 1. The zero-order chi connectivity index (χ0) is 24.1. The van der Waals surface area contributed by atoms with E-state index in [4.69, 9.17) is 9.84 Å². The highest BCUT2D eigenvalue weighted by Gasteiger charge is 2.29. The number of carbonyl (C=O) groups is 3. The summed E-state index contributed by atoms with van der Waals surface area (Å²) in [6.07, 6.45) is 0.748. The molecule has 3 aromatic rings. The van der Waals surface area contributed by atoms with Crippen molar-refractivity contribution in [1.29, 1.82) is 0 Å². The summed E-state index contributed by atoms with van der Waals surface area (Å²) in [5, 5.41) is 11.7. The van der Waals surface area contributed by atoms with Crippen molar-refractivity contribution < 1.29 is 24.2 Å². The molecule has 7 nitrogen and oxygen atoms in total. The summed E-state index contributed by atoms with van der Waals surface area (Å²) in [6.45, 7) is 3.29. The van der Waals surface area contributed by atoms with Crippen LogP contribution in [0.2, 0.25) is 0 Å². The van der Waals surface area contributed by atoms with Crippen LogP contribution in [0.1, 0.15) is 27.4 Å². The van der Waals surface area contributed by atoms with Crippen LogP contribution in [0.5, 0.6) is 0 Å². The van der Waals surface area contributed by atoms with Crippen LogP contribution in [0.15, 0.2) is 85.5 Å². The van der Waals surface area contributed by atoms with Crippen LogP contribution in [0.3, 0.4) is 0 Å². The van der Waals surface area contributed by atoms with E-state index >= 15 is 0 Å². The number of nitrogens with one attached hydrogen (secondary N) is 1. The summed E-state index contributed by atoms with van der Waals surface area (Å²) in [7, 11) is 0. The summed E-state index contributed by atoms with van der Waals surface area (Å²) in [6, 6.07) is 22.5. The van der Waals surface area contributed by atoms with Crippen LogP contribution in [0.4, 0.5) is 10.5 Å². The third-order valence-electron chi connectivity index (χ3n) is 5.70. The number of hydrogen-bond donors (Lipinski definition) is 2. The van der Waals surface area contributed by atoms with Gasteiger partial charge in [-0.3, -0.25) is 14.9 Å². The number of para-hydroxylation sites is 1. The molecule has 1 aliphatic rings. The fourth-order valence-electron chi connectivity index (χ4n) is 4.23. The molecule has 0 unspecified atom stereocenters. The van der Waals surface area contributed by atoms with Crippen LogP contribution in [-0.2, 0) is 9.53 Å². The molecule has 0 fully saturated rings. The molecule has 4 rings (SSSR count). The van der Waals surface area contributed by atoms with Crippen molar-refractivity contribution in [2.75, 3.05) is 25.0 Å². The van der Waals surface area contributed by atoms with Gasteiger partial charge in [0.2, 0.25) is 0 Å². The average molecular weight is 456 g/mol. The molecule has 3 aromatic carbocycles. The number of aliphatic carboxylic acids is 1. The van der Waals surface area contributed by atoms with E-state index in [2.05, 4.69) is 24.0 Å². The minimum atomic E-state index is -1.14. The lowest BCUT2D eigenvalue weighted by atomic mass is 9.98. The van der Waals surface area contributed by atoms with E-state index < -0.39 is 24.5 Å². The lowest BCUT2D eigenvalue weighted by Gasteiger charge is -2.21. The minimum Gasteiger partial charge on any atom is -0.480 e. The number of ether oxygens (including phenoxy) is 1. The summed E-state index contributed by atoms with van der Waals surface area (Å²) in [5.74, 6) is -1.76. The molecule has 0 spiro atoms. The highest BCUT2D eigenvalue weighted by Crippen LogP contribution is 2.44. The van der Waals surface area contributed by atoms with Crippen molar-refractivity contribution >= 4 is 23.7 Å². The quantitative estimate of drug-likeness (QED) is 0.477. The normalized spacial score (nSPS) is 11.8. The van der Waals surface area contributed by atoms with Gasteiger partial charge in [-0.1, -0.05) is 66.7 Å². The highest BCUT2D eigenvalue weighted by atomic mass is 16.5. The van der Waals surface area contributed by atoms with Gasteiger partial charge >= 0.3 is 12.1 Å². The number of benzene rings is 3. The largest absolute Gasteiger partial charge is 0.480 e. The number of carboxylic acid groups (broad SMARTS) is 1. The zero-order valence-corrected chi connectivity index (χ0v) is 18.4. The maximum atomic E-state index is 12.9. The molecule has 0 atom stereocenters. The van der Waals surface area contributed by atoms with Crippen molar-refractivity contribution in [3.63, 3.8) is 0 Å². The van der Waals surface area contributed by atoms with Gasteiger partial charge in [0.1, 0.15) is 13.2 Å². The first kappa shape index (κ1) is 22.8. The first-order valence-electron chi connectivity index (χ1n) is 10.8. The van der Waals surface area contributed by atoms with Crippen LogP contribution >= 0.6 is 0 Å². The third-order valence-corrected chi connectivity index (χ3v) is 5.70. The first-order valence-corrected chi connectivity index (χ1v) is 10.8. The fraction of sp³-hybridized carbons (Fsp3) is 0.148. The summed E-state index contributed by atoms with van der Waals surface area (Å²) >= 11 is 0. The Balaban J connectivity index is 1.48. The van der Waals surface area contributed by atoms with Gasteiger partial charge in [-0.05, 0) is 34.4 Å². The molecule has 2 N–H and O–H groups in total. The Labute approximate surface area is 197 Å². The van der Waals surface area contributed by atoms with E-state index in [-0.39, 0.29) is 30.3 Å². The number of fused-ring (bicyclic) bond motifs is 3. The van der Waals surface area contributed by atoms with E-state index in [0.717, 1.165) is 27.2 Å². The van der Waals surface area contributed by atoms with Crippen LogP contribution in [0, 0.1) is 0 Å². The maximum absolute atomic E-state index is 12.9. The predicted octanol–water partition coefficient (Wildman–Crippen LogP) is 4.76. The topological polar surface area (TPSA) is 95.9 Å². The lowest BCUT2D eigenvalue weighted by molar-refractivity contribution is -0.137. The van der Waals surface area contributed by atoms with Crippen LogP contribution < -0.4 is 5.32 Å². The van der Waals surface area contributed by atoms with E-state index in [1.165, 1.54) is 12.1 Å². The number of amides is 2. The zero-order valence-electron chi connectivity index (χ0n) is 18.4. The van der Waals surface area contributed by atoms with Gasteiger partial charge < -0.3 is 14.7 Å². The van der Waals surface area contributed by atoms with Crippen molar-refractivity contribution in [2.24, 2.45) is 0 Å².